The topological polar surface area (TPSA) is 85.3 Å². The highest BCUT2D eigenvalue weighted by atomic mass is 16.5. The molecule has 112 valence electrons. The smallest absolute Gasteiger partial charge is 0.252 e. The molecular weight excluding hydrogens is 280 g/mol. The molecule has 2 N–H and O–H groups in total. The summed E-state index contributed by atoms with van der Waals surface area (Å²) < 4.78 is 10.8. The standard InChI is InChI=1S/C17H16N2O3/c1-11-7-12(9-18)3-4-13(11)10-22-16-6-5-14(21-2)8-15(16)17(19)20/h3-8H,10H2,1-2H3,(H2,19,20). The van der Waals surface area contributed by atoms with E-state index in [9.17, 15) is 4.79 Å². The van der Waals surface area contributed by atoms with Crippen molar-refractivity contribution in [1.82, 2.24) is 0 Å². The number of carbonyl (C=O) groups is 1. The fourth-order valence-electron chi connectivity index (χ4n) is 2.04. The molecule has 22 heavy (non-hydrogen) atoms. The van der Waals surface area contributed by atoms with Crippen LogP contribution in [0.3, 0.4) is 0 Å². The number of hydrogen-bond donors (Lipinski definition) is 1. The number of nitrogens with two attached hydrogens (primary N) is 1. The van der Waals surface area contributed by atoms with Gasteiger partial charge in [-0.05, 0) is 48.4 Å². The van der Waals surface area contributed by atoms with E-state index >= 15 is 0 Å². The molecule has 0 saturated carbocycles. The highest BCUT2D eigenvalue weighted by Crippen LogP contribution is 2.25. The average Bonchev–Trinajstić information content (AvgIpc) is 2.53. The van der Waals surface area contributed by atoms with Gasteiger partial charge in [0.25, 0.3) is 5.91 Å². The SMILES string of the molecule is COc1ccc(OCc2ccc(C#N)cc2C)c(C(N)=O)c1. The number of benzene rings is 2. The molecule has 0 unspecified atom stereocenters. The van der Waals surface area contributed by atoms with Gasteiger partial charge in [-0.15, -0.1) is 0 Å². The van der Waals surface area contributed by atoms with Gasteiger partial charge in [-0.3, -0.25) is 4.79 Å². The second-order valence-electron chi connectivity index (χ2n) is 4.77. The molecule has 0 aliphatic heterocycles. The number of amides is 1. The summed E-state index contributed by atoms with van der Waals surface area (Å²) in [5, 5.41) is 8.86. The predicted octanol–water partition coefficient (Wildman–Crippen LogP) is 2.55. The minimum atomic E-state index is -0.578. The highest BCUT2D eigenvalue weighted by Gasteiger charge is 2.12. The Labute approximate surface area is 128 Å². The van der Waals surface area contributed by atoms with Crippen molar-refractivity contribution < 1.29 is 14.3 Å². The van der Waals surface area contributed by atoms with E-state index in [1.165, 1.54) is 7.11 Å². The first-order chi connectivity index (χ1) is 10.5. The van der Waals surface area contributed by atoms with Crippen LogP contribution in [0.5, 0.6) is 11.5 Å². The van der Waals surface area contributed by atoms with Gasteiger partial charge in [0.1, 0.15) is 18.1 Å². The van der Waals surface area contributed by atoms with Crippen LogP contribution in [0.2, 0.25) is 0 Å². The van der Waals surface area contributed by atoms with Crippen molar-refractivity contribution in [3.63, 3.8) is 0 Å². The quantitative estimate of drug-likeness (QED) is 0.918. The zero-order valence-electron chi connectivity index (χ0n) is 12.4. The van der Waals surface area contributed by atoms with E-state index in [-0.39, 0.29) is 12.2 Å². The van der Waals surface area contributed by atoms with Crippen molar-refractivity contribution in [3.05, 3.63) is 58.7 Å². The van der Waals surface area contributed by atoms with E-state index in [1.54, 1.807) is 30.3 Å². The maximum atomic E-state index is 11.5. The zero-order chi connectivity index (χ0) is 16.1. The highest BCUT2D eigenvalue weighted by molar-refractivity contribution is 5.96. The third-order valence-corrected chi connectivity index (χ3v) is 3.31. The van der Waals surface area contributed by atoms with Crippen molar-refractivity contribution in [2.24, 2.45) is 5.73 Å². The van der Waals surface area contributed by atoms with Gasteiger partial charge in [0.15, 0.2) is 0 Å². The van der Waals surface area contributed by atoms with Crippen LogP contribution in [0.4, 0.5) is 0 Å². The Hall–Kier alpha value is -3.00. The van der Waals surface area contributed by atoms with Crippen LogP contribution in [-0.4, -0.2) is 13.0 Å². The molecule has 2 aromatic carbocycles. The maximum absolute atomic E-state index is 11.5. The summed E-state index contributed by atoms with van der Waals surface area (Å²) in [6.07, 6.45) is 0. The molecule has 0 aromatic heterocycles. The van der Waals surface area contributed by atoms with Crippen molar-refractivity contribution in [3.8, 4) is 17.6 Å². The normalized spacial score (nSPS) is 9.86. The van der Waals surface area contributed by atoms with E-state index in [1.807, 2.05) is 13.0 Å². The number of aryl methyl sites for hydroxylation is 1. The van der Waals surface area contributed by atoms with Crippen molar-refractivity contribution in [1.29, 1.82) is 5.26 Å². The first-order valence-corrected chi connectivity index (χ1v) is 6.65. The minimum Gasteiger partial charge on any atom is -0.497 e. The Kier molecular flexibility index (Phi) is 4.64. The Morgan fingerprint density at radius 2 is 2.05 bits per heavy atom. The number of nitrogens with zero attached hydrogens (tertiary/aromatic N) is 1. The third-order valence-electron chi connectivity index (χ3n) is 3.31. The van der Waals surface area contributed by atoms with E-state index in [2.05, 4.69) is 6.07 Å². The zero-order valence-corrected chi connectivity index (χ0v) is 12.4. The number of primary amides is 1. The van der Waals surface area contributed by atoms with Crippen molar-refractivity contribution in [2.45, 2.75) is 13.5 Å². The Morgan fingerprint density at radius 1 is 1.27 bits per heavy atom. The summed E-state index contributed by atoms with van der Waals surface area (Å²) in [5.41, 5.74) is 8.12. The molecule has 1 amide bonds. The molecule has 0 spiro atoms. The molecular formula is C17H16N2O3. The van der Waals surface area contributed by atoms with E-state index < -0.39 is 5.91 Å². The Morgan fingerprint density at radius 3 is 2.64 bits per heavy atom. The lowest BCUT2D eigenvalue weighted by molar-refractivity contribution is 0.0995. The number of rotatable bonds is 5. The fourth-order valence-corrected chi connectivity index (χ4v) is 2.04. The molecule has 2 rings (SSSR count). The van der Waals surface area contributed by atoms with Crippen LogP contribution in [0, 0.1) is 18.3 Å². The monoisotopic (exact) mass is 296 g/mol. The average molecular weight is 296 g/mol. The number of nitriles is 1. The van der Waals surface area contributed by atoms with Gasteiger partial charge >= 0.3 is 0 Å². The molecule has 0 bridgehead atoms. The first kappa shape index (κ1) is 15.4. The molecule has 0 aliphatic carbocycles. The van der Waals surface area contributed by atoms with Gasteiger partial charge in [-0.2, -0.15) is 5.26 Å². The van der Waals surface area contributed by atoms with Gasteiger partial charge < -0.3 is 15.2 Å². The summed E-state index contributed by atoms with van der Waals surface area (Å²) in [5.74, 6) is 0.359. The van der Waals surface area contributed by atoms with Crippen molar-refractivity contribution in [2.75, 3.05) is 7.11 Å². The molecule has 0 aliphatic rings. The second-order valence-corrected chi connectivity index (χ2v) is 4.77. The van der Waals surface area contributed by atoms with Crippen LogP contribution in [0.1, 0.15) is 27.0 Å². The summed E-state index contributed by atoms with van der Waals surface area (Å²) in [6.45, 7) is 2.19. The van der Waals surface area contributed by atoms with Crippen LogP contribution < -0.4 is 15.2 Å². The molecule has 2 aromatic rings. The van der Waals surface area contributed by atoms with Crippen LogP contribution in [-0.2, 0) is 6.61 Å². The van der Waals surface area contributed by atoms with E-state index in [0.717, 1.165) is 11.1 Å². The minimum absolute atomic E-state index is 0.269. The molecule has 0 heterocycles. The van der Waals surface area contributed by atoms with Crippen LogP contribution in [0.15, 0.2) is 36.4 Å². The lowest BCUT2D eigenvalue weighted by atomic mass is 10.1. The number of hydrogen-bond acceptors (Lipinski definition) is 4. The number of ether oxygens (including phenoxy) is 2. The molecule has 0 fully saturated rings. The molecule has 0 radical (unpaired) electrons. The van der Waals surface area contributed by atoms with Crippen LogP contribution >= 0.6 is 0 Å². The largest absolute Gasteiger partial charge is 0.497 e. The summed E-state index contributed by atoms with van der Waals surface area (Å²) in [4.78, 5) is 11.5. The molecule has 5 nitrogen and oxygen atoms in total. The number of methoxy groups -OCH3 is 1. The van der Waals surface area contributed by atoms with Gasteiger partial charge in [-0.1, -0.05) is 6.07 Å². The lowest BCUT2D eigenvalue weighted by Crippen LogP contribution is -2.13. The van der Waals surface area contributed by atoms with Gasteiger partial charge in [0, 0.05) is 0 Å². The predicted molar refractivity (Wildman–Crippen MR) is 81.7 cm³/mol. The third kappa shape index (κ3) is 3.36. The summed E-state index contributed by atoms with van der Waals surface area (Å²) >= 11 is 0. The summed E-state index contributed by atoms with van der Waals surface area (Å²) in [7, 11) is 1.51. The lowest BCUT2D eigenvalue weighted by Gasteiger charge is -2.12. The van der Waals surface area contributed by atoms with Gasteiger partial charge in [-0.25, -0.2) is 0 Å². The van der Waals surface area contributed by atoms with E-state index in [0.29, 0.717) is 17.1 Å². The van der Waals surface area contributed by atoms with Gasteiger partial charge in [0.2, 0.25) is 0 Å². The van der Waals surface area contributed by atoms with Crippen LogP contribution in [0.25, 0.3) is 0 Å². The fraction of sp³-hybridized carbons (Fsp3) is 0.176. The Bertz CT molecular complexity index is 748. The molecule has 5 heteroatoms. The molecule has 0 atom stereocenters. The Balaban J connectivity index is 2.21. The maximum Gasteiger partial charge on any atom is 0.252 e. The van der Waals surface area contributed by atoms with Gasteiger partial charge in [0.05, 0.1) is 24.3 Å². The first-order valence-electron chi connectivity index (χ1n) is 6.65. The summed E-state index contributed by atoms with van der Waals surface area (Å²) in [6, 6.07) is 12.3. The van der Waals surface area contributed by atoms with E-state index in [4.69, 9.17) is 20.5 Å². The second kappa shape index (κ2) is 6.64. The molecule has 0 saturated heterocycles. The number of carbonyl (C=O) groups excluding carboxylic acids is 1. The van der Waals surface area contributed by atoms with Crippen molar-refractivity contribution >= 4 is 5.91 Å².